The summed E-state index contributed by atoms with van der Waals surface area (Å²) < 4.78 is 1.84. The van der Waals surface area contributed by atoms with Crippen LogP contribution in [0.25, 0.3) is 33.2 Å². The zero-order valence-electron chi connectivity index (χ0n) is 18.2. The zero-order chi connectivity index (χ0) is 23.2. The molecule has 34 heavy (non-hydrogen) atoms. The minimum absolute atomic E-state index is 0.0226. The summed E-state index contributed by atoms with van der Waals surface area (Å²) in [6, 6.07) is 32.5. The summed E-state index contributed by atoms with van der Waals surface area (Å²) >= 11 is 6.02. The number of carbonyl (C=O) groups excluding carboxylic acids is 1. The lowest BCUT2D eigenvalue weighted by molar-refractivity contribution is 0.0970. The summed E-state index contributed by atoms with van der Waals surface area (Å²) in [5.74, 6) is -0.0226. The number of aromatic nitrogens is 1. The van der Waals surface area contributed by atoms with E-state index in [0.29, 0.717) is 16.0 Å². The number of pyridine rings is 1. The Balaban J connectivity index is 1.63. The molecule has 2 heterocycles. The number of rotatable bonds is 4. The fourth-order valence-corrected chi connectivity index (χ4v) is 5.22. The molecule has 164 valence electrons. The molecular weight excluding hydrogens is 442 g/mol. The van der Waals surface area contributed by atoms with Gasteiger partial charge in [0.05, 0.1) is 11.7 Å². The minimum atomic E-state index is -0.381. The molecule has 0 aliphatic carbocycles. The van der Waals surface area contributed by atoms with Gasteiger partial charge in [0.1, 0.15) is 0 Å². The van der Waals surface area contributed by atoms with E-state index in [1.807, 2.05) is 65.2 Å². The van der Waals surface area contributed by atoms with Crippen molar-refractivity contribution in [2.24, 2.45) is 0 Å². The molecule has 0 radical (unpaired) electrons. The minimum Gasteiger partial charge on any atom is -0.299 e. The van der Waals surface area contributed by atoms with Gasteiger partial charge >= 0.3 is 0 Å². The topological polar surface area (TPSA) is 39.1 Å². The highest BCUT2D eigenvalue weighted by atomic mass is 35.5. The Labute approximate surface area is 201 Å². The second kappa shape index (κ2) is 8.12. The fraction of sp³-hybridized carbons (Fsp3) is 0.0667. The Morgan fingerprint density at radius 2 is 1.41 bits per heavy atom. The summed E-state index contributed by atoms with van der Waals surface area (Å²) in [5, 5.41) is 2.16. The van der Waals surface area contributed by atoms with Gasteiger partial charge in [-0.1, -0.05) is 84.4 Å². The zero-order valence-corrected chi connectivity index (χ0v) is 19.0. The normalized spacial score (nSPS) is 14.1. The van der Waals surface area contributed by atoms with E-state index in [2.05, 4.69) is 18.2 Å². The molecule has 1 atom stereocenters. The number of halogens is 1. The third kappa shape index (κ3) is 3.20. The average molecular weight is 462 g/mol. The Bertz CT molecular complexity index is 1620. The van der Waals surface area contributed by atoms with Crippen LogP contribution in [0.5, 0.6) is 0 Å². The summed E-state index contributed by atoms with van der Waals surface area (Å²) in [5.41, 5.74) is 5.45. The summed E-state index contributed by atoms with van der Waals surface area (Å²) in [6.07, 6.45) is 0.193. The fourth-order valence-electron chi connectivity index (χ4n) is 5.10. The maximum absolute atomic E-state index is 13.9. The lowest BCUT2D eigenvalue weighted by Crippen LogP contribution is -2.25. The molecule has 0 spiro atoms. The van der Waals surface area contributed by atoms with Crippen molar-refractivity contribution in [1.82, 2.24) is 4.57 Å². The van der Waals surface area contributed by atoms with Crippen LogP contribution >= 0.6 is 11.6 Å². The number of hydrogen-bond donors (Lipinski definition) is 0. The van der Waals surface area contributed by atoms with E-state index in [0.717, 1.165) is 33.3 Å². The van der Waals surface area contributed by atoms with E-state index < -0.39 is 0 Å². The van der Waals surface area contributed by atoms with Crippen LogP contribution in [0.1, 0.15) is 28.4 Å². The Hall–Kier alpha value is -3.95. The third-order valence-corrected chi connectivity index (χ3v) is 6.87. The number of Topliss-reactive ketones (excluding diaryl/α,β-unsaturated/α-hetero) is 1. The summed E-state index contributed by atoms with van der Waals surface area (Å²) in [7, 11) is 0. The predicted molar refractivity (Wildman–Crippen MR) is 138 cm³/mol. The van der Waals surface area contributed by atoms with Crippen molar-refractivity contribution in [1.29, 1.82) is 0 Å². The molecule has 0 saturated carbocycles. The molecule has 0 fully saturated rings. The van der Waals surface area contributed by atoms with Gasteiger partial charge in [-0.15, -0.1) is 0 Å². The lowest BCUT2D eigenvalue weighted by Gasteiger charge is -2.19. The van der Waals surface area contributed by atoms with E-state index in [1.165, 1.54) is 0 Å². The van der Waals surface area contributed by atoms with Crippen molar-refractivity contribution in [2.45, 2.75) is 12.5 Å². The largest absolute Gasteiger partial charge is 0.299 e. The predicted octanol–water partition coefficient (Wildman–Crippen LogP) is 7.16. The number of carbonyl (C=O) groups is 1. The molecule has 6 rings (SSSR count). The van der Waals surface area contributed by atoms with Gasteiger partial charge in [-0.25, -0.2) is 0 Å². The molecule has 0 amide bonds. The highest BCUT2D eigenvalue weighted by Crippen LogP contribution is 2.47. The van der Waals surface area contributed by atoms with Gasteiger partial charge in [0.25, 0.3) is 5.56 Å². The first-order chi connectivity index (χ1) is 16.6. The molecule has 0 saturated heterocycles. The maximum Gasteiger partial charge on any atom is 0.259 e. The van der Waals surface area contributed by atoms with Gasteiger partial charge in [-0.05, 0) is 46.8 Å². The quantitative estimate of drug-likeness (QED) is 0.266. The average Bonchev–Trinajstić information content (AvgIpc) is 3.19. The van der Waals surface area contributed by atoms with E-state index in [9.17, 15) is 9.59 Å². The molecule has 1 aromatic heterocycles. The van der Waals surface area contributed by atoms with Gasteiger partial charge in [0.2, 0.25) is 0 Å². The molecular formula is C30H20ClNO2. The van der Waals surface area contributed by atoms with Crippen molar-refractivity contribution < 1.29 is 4.79 Å². The van der Waals surface area contributed by atoms with Crippen LogP contribution < -0.4 is 5.56 Å². The second-order valence-corrected chi connectivity index (χ2v) is 8.98. The van der Waals surface area contributed by atoms with Gasteiger partial charge in [-0.2, -0.15) is 0 Å². The number of benzene rings is 4. The molecule has 1 unspecified atom stereocenters. The smallest absolute Gasteiger partial charge is 0.259 e. The van der Waals surface area contributed by atoms with Crippen molar-refractivity contribution in [3.63, 3.8) is 0 Å². The van der Waals surface area contributed by atoms with Crippen molar-refractivity contribution >= 4 is 28.2 Å². The van der Waals surface area contributed by atoms with Gasteiger partial charge in [0.15, 0.2) is 5.78 Å². The van der Waals surface area contributed by atoms with E-state index in [-0.39, 0.29) is 23.8 Å². The van der Waals surface area contributed by atoms with Crippen molar-refractivity contribution in [3.8, 4) is 22.4 Å². The van der Waals surface area contributed by atoms with Crippen LogP contribution in [0.2, 0.25) is 5.02 Å². The monoisotopic (exact) mass is 461 g/mol. The Kier molecular flexibility index (Phi) is 4.93. The first kappa shape index (κ1) is 20.6. The molecule has 1 aliphatic heterocycles. The molecule has 5 aromatic rings. The van der Waals surface area contributed by atoms with Crippen LogP contribution in [-0.4, -0.2) is 10.4 Å². The van der Waals surface area contributed by atoms with Crippen LogP contribution in [0, 0.1) is 0 Å². The van der Waals surface area contributed by atoms with Crippen molar-refractivity contribution in [3.05, 3.63) is 130 Å². The SMILES string of the molecule is O=C(CC1c2ccccc2-c2c(-c3ccccc3)c3ccccc3c(=O)n21)c1ccc(Cl)cc1. The maximum atomic E-state index is 13.9. The first-order valence-electron chi connectivity index (χ1n) is 11.2. The Morgan fingerprint density at radius 3 is 2.18 bits per heavy atom. The van der Waals surface area contributed by atoms with Crippen LogP contribution in [0.15, 0.2) is 108 Å². The van der Waals surface area contributed by atoms with Crippen LogP contribution in [0.4, 0.5) is 0 Å². The molecule has 4 aromatic carbocycles. The number of fused-ring (bicyclic) bond motifs is 4. The first-order valence-corrected chi connectivity index (χ1v) is 11.6. The molecule has 1 aliphatic rings. The number of hydrogen-bond acceptors (Lipinski definition) is 2. The third-order valence-electron chi connectivity index (χ3n) is 6.62. The number of ketones is 1. The molecule has 4 heteroatoms. The molecule has 0 bridgehead atoms. The highest BCUT2D eigenvalue weighted by molar-refractivity contribution is 6.30. The lowest BCUT2D eigenvalue weighted by atomic mass is 9.93. The van der Waals surface area contributed by atoms with Gasteiger partial charge in [-0.3, -0.25) is 14.2 Å². The second-order valence-electron chi connectivity index (χ2n) is 8.55. The standard InChI is InChI=1S/C30H20ClNO2/c31-21-16-14-19(15-17-21)27(33)18-26-22-10-4-6-12-24(22)29-28(20-8-2-1-3-9-20)23-11-5-7-13-25(23)30(34)32(26)29/h1-17,26H,18H2. The number of nitrogens with zero attached hydrogens (tertiary/aromatic N) is 1. The highest BCUT2D eigenvalue weighted by Gasteiger charge is 2.34. The van der Waals surface area contributed by atoms with Gasteiger partial charge in [0, 0.05) is 33.5 Å². The van der Waals surface area contributed by atoms with Crippen molar-refractivity contribution in [2.75, 3.05) is 0 Å². The summed E-state index contributed by atoms with van der Waals surface area (Å²) in [6.45, 7) is 0. The van der Waals surface area contributed by atoms with Gasteiger partial charge < -0.3 is 0 Å². The summed E-state index contributed by atoms with van der Waals surface area (Å²) in [4.78, 5) is 27.2. The van der Waals surface area contributed by atoms with E-state index in [4.69, 9.17) is 11.6 Å². The molecule has 3 nitrogen and oxygen atoms in total. The van der Waals surface area contributed by atoms with E-state index in [1.54, 1.807) is 24.3 Å². The molecule has 0 N–H and O–H groups in total. The van der Waals surface area contributed by atoms with Crippen LogP contribution in [0.3, 0.4) is 0 Å². The van der Waals surface area contributed by atoms with E-state index >= 15 is 0 Å². The Morgan fingerprint density at radius 1 is 0.765 bits per heavy atom. The van der Waals surface area contributed by atoms with Crippen LogP contribution in [-0.2, 0) is 0 Å².